The minimum atomic E-state index is -0.594. The van der Waals surface area contributed by atoms with Crippen LogP contribution in [0.1, 0.15) is 12.5 Å². The van der Waals surface area contributed by atoms with Gasteiger partial charge in [0.1, 0.15) is 5.75 Å². The van der Waals surface area contributed by atoms with E-state index in [1.54, 1.807) is 6.92 Å². The lowest BCUT2D eigenvalue weighted by Crippen LogP contribution is -2.25. The van der Waals surface area contributed by atoms with Crippen molar-refractivity contribution in [1.82, 2.24) is 5.32 Å². The van der Waals surface area contributed by atoms with Gasteiger partial charge in [0.2, 0.25) is 0 Å². The molecule has 0 saturated heterocycles. The minimum absolute atomic E-state index is 0.376. The lowest BCUT2D eigenvalue weighted by atomic mass is 10.2. The van der Waals surface area contributed by atoms with Crippen LogP contribution in [0.3, 0.4) is 0 Å². The van der Waals surface area contributed by atoms with Gasteiger partial charge < -0.3 is 14.8 Å². The maximum absolute atomic E-state index is 11.2. The predicted octanol–water partition coefficient (Wildman–Crippen LogP) is 1.35. The second-order valence-electron chi connectivity index (χ2n) is 3.42. The molecule has 1 aromatic rings. The number of methoxy groups -OCH3 is 1. The number of benzene rings is 1. The monoisotopic (exact) mass is 223 g/mol. The van der Waals surface area contributed by atoms with Crippen LogP contribution in [0.5, 0.6) is 5.75 Å². The molecule has 1 atom stereocenters. The van der Waals surface area contributed by atoms with Gasteiger partial charge in [-0.25, -0.2) is 4.79 Å². The summed E-state index contributed by atoms with van der Waals surface area (Å²) in [6.45, 7) is 2.37. The van der Waals surface area contributed by atoms with E-state index in [0.717, 1.165) is 5.56 Å². The normalized spacial score (nSPS) is 11.9. The van der Waals surface area contributed by atoms with Crippen molar-refractivity contribution in [2.75, 3.05) is 14.2 Å². The molecule has 0 saturated carbocycles. The fraction of sp³-hybridized carbons (Fsp3) is 0.417. The van der Waals surface area contributed by atoms with Crippen LogP contribution < -0.4 is 10.1 Å². The quantitative estimate of drug-likeness (QED) is 0.765. The van der Waals surface area contributed by atoms with Crippen molar-refractivity contribution >= 4 is 5.97 Å². The van der Waals surface area contributed by atoms with Crippen LogP contribution in [-0.4, -0.2) is 26.2 Å². The SMILES string of the molecule is CNCc1ccccc1OC(C)C(=O)OC. The molecule has 4 heteroatoms. The maximum atomic E-state index is 11.2. The van der Waals surface area contributed by atoms with Crippen LogP contribution >= 0.6 is 0 Å². The molecule has 0 aliphatic rings. The van der Waals surface area contributed by atoms with Crippen LogP contribution in [0.15, 0.2) is 24.3 Å². The first kappa shape index (κ1) is 12.5. The van der Waals surface area contributed by atoms with E-state index in [-0.39, 0.29) is 5.97 Å². The second-order valence-corrected chi connectivity index (χ2v) is 3.42. The summed E-state index contributed by atoms with van der Waals surface area (Å²) in [4.78, 5) is 11.2. The summed E-state index contributed by atoms with van der Waals surface area (Å²) in [5.41, 5.74) is 1.01. The Hall–Kier alpha value is -1.55. The van der Waals surface area contributed by atoms with Crippen LogP contribution in [0.2, 0.25) is 0 Å². The summed E-state index contributed by atoms with van der Waals surface area (Å²) in [7, 11) is 3.21. The maximum Gasteiger partial charge on any atom is 0.346 e. The van der Waals surface area contributed by atoms with Gasteiger partial charge in [-0.3, -0.25) is 0 Å². The number of hydrogen-bond acceptors (Lipinski definition) is 4. The van der Waals surface area contributed by atoms with Gasteiger partial charge in [-0.2, -0.15) is 0 Å². The molecule has 0 heterocycles. The summed E-state index contributed by atoms with van der Waals surface area (Å²) in [6.07, 6.45) is -0.594. The van der Waals surface area contributed by atoms with Crippen LogP contribution in [0, 0.1) is 0 Å². The van der Waals surface area contributed by atoms with Crippen molar-refractivity contribution in [2.24, 2.45) is 0 Å². The molecular weight excluding hydrogens is 206 g/mol. The van der Waals surface area contributed by atoms with Gasteiger partial charge in [0.25, 0.3) is 0 Å². The number of nitrogens with one attached hydrogen (secondary N) is 1. The Labute approximate surface area is 95.6 Å². The molecule has 1 unspecified atom stereocenters. The molecule has 0 amide bonds. The number of ether oxygens (including phenoxy) is 2. The number of esters is 1. The summed E-state index contributed by atoms with van der Waals surface area (Å²) >= 11 is 0. The second kappa shape index (κ2) is 6.12. The third-order valence-electron chi connectivity index (χ3n) is 2.18. The first-order chi connectivity index (χ1) is 7.69. The van der Waals surface area contributed by atoms with Crippen molar-refractivity contribution < 1.29 is 14.3 Å². The van der Waals surface area contributed by atoms with Gasteiger partial charge >= 0.3 is 5.97 Å². The molecule has 0 bridgehead atoms. The summed E-state index contributed by atoms with van der Waals surface area (Å²) in [5.74, 6) is 0.328. The number of rotatable bonds is 5. The molecule has 0 aliphatic heterocycles. The van der Waals surface area contributed by atoms with E-state index in [0.29, 0.717) is 12.3 Å². The summed E-state index contributed by atoms with van der Waals surface area (Å²) in [5, 5.41) is 3.04. The number of para-hydroxylation sites is 1. The zero-order valence-corrected chi connectivity index (χ0v) is 9.82. The molecule has 1 rings (SSSR count). The lowest BCUT2D eigenvalue weighted by molar-refractivity contribution is -0.147. The first-order valence-electron chi connectivity index (χ1n) is 5.16. The number of carbonyl (C=O) groups excluding carboxylic acids is 1. The number of hydrogen-bond donors (Lipinski definition) is 1. The van der Waals surface area contributed by atoms with Crippen molar-refractivity contribution in [3.05, 3.63) is 29.8 Å². The zero-order valence-electron chi connectivity index (χ0n) is 9.82. The van der Waals surface area contributed by atoms with Crippen molar-refractivity contribution in [1.29, 1.82) is 0 Å². The highest BCUT2D eigenvalue weighted by atomic mass is 16.6. The lowest BCUT2D eigenvalue weighted by Gasteiger charge is -2.15. The molecule has 0 radical (unpaired) electrons. The van der Waals surface area contributed by atoms with E-state index >= 15 is 0 Å². The smallest absolute Gasteiger partial charge is 0.346 e. The van der Waals surface area contributed by atoms with Crippen molar-refractivity contribution in [3.63, 3.8) is 0 Å². The van der Waals surface area contributed by atoms with E-state index in [9.17, 15) is 4.79 Å². The molecule has 0 fully saturated rings. The Morgan fingerprint density at radius 1 is 1.44 bits per heavy atom. The first-order valence-corrected chi connectivity index (χ1v) is 5.16. The van der Waals surface area contributed by atoms with E-state index in [2.05, 4.69) is 10.1 Å². The molecule has 88 valence electrons. The Balaban J connectivity index is 2.75. The third kappa shape index (κ3) is 3.24. The molecule has 0 aromatic heterocycles. The standard InChI is InChI=1S/C12H17NO3/c1-9(12(14)15-3)16-11-7-5-4-6-10(11)8-13-2/h4-7,9,13H,8H2,1-3H3. The number of carbonyl (C=O) groups is 1. The molecule has 1 N–H and O–H groups in total. The average molecular weight is 223 g/mol. The fourth-order valence-electron chi connectivity index (χ4n) is 1.36. The zero-order chi connectivity index (χ0) is 12.0. The third-order valence-corrected chi connectivity index (χ3v) is 2.18. The highest BCUT2D eigenvalue weighted by Crippen LogP contribution is 2.19. The predicted molar refractivity (Wildman–Crippen MR) is 61.3 cm³/mol. The largest absolute Gasteiger partial charge is 0.479 e. The topological polar surface area (TPSA) is 47.6 Å². The van der Waals surface area contributed by atoms with Crippen LogP contribution in [0.4, 0.5) is 0 Å². The van der Waals surface area contributed by atoms with E-state index in [1.807, 2.05) is 31.3 Å². The molecule has 4 nitrogen and oxygen atoms in total. The van der Waals surface area contributed by atoms with Crippen LogP contribution in [-0.2, 0) is 16.1 Å². The van der Waals surface area contributed by atoms with Crippen molar-refractivity contribution in [3.8, 4) is 5.75 Å². The highest BCUT2D eigenvalue weighted by Gasteiger charge is 2.15. The van der Waals surface area contributed by atoms with Gasteiger partial charge in [-0.1, -0.05) is 18.2 Å². The van der Waals surface area contributed by atoms with Gasteiger partial charge in [0, 0.05) is 12.1 Å². The van der Waals surface area contributed by atoms with Gasteiger partial charge in [0.15, 0.2) is 6.10 Å². The Kier molecular flexibility index (Phi) is 4.79. The van der Waals surface area contributed by atoms with Gasteiger partial charge in [0.05, 0.1) is 7.11 Å². The fourth-order valence-corrected chi connectivity index (χ4v) is 1.36. The molecule has 1 aromatic carbocycles. The summed E-state index contributed by atoms with van der Waals surface area (Å²) < 4.78 is 10.1. The molecule has 0 aliphatic carbocycles. The van der Waals surface area contributed by atoms with Crippen LogP contribution in [0.25, 0.3) is 0 Å². The van der Waals surface area contributed by atoms with E-state index < -0.39 is 6.10 Å². The Morgan fingerprint density at radius 3 is 2.75 bits per heavy atom. The van der Waals surface area contributed by atoms with Gasteiger partial charge in [-0.05, 0) is 20.0 Å². The Morgan fingerprint density at radius 2 is 2.12 bits per heavy atom. The van der Waals surface area contributed by atoms with E-state index in [1.165, 1.54) is 7.11 Å². The highest BCUT2D eigenvalue weighted by molar-refractivity contribution is 5.74. The molecular formula is C12H17NO3. The minimum Gasteiger partial charge on any atom is -0.479 e. The van der Waals surface area contributed by atoms with E-state index in [4.69, 9.17) is 4.74 Å². The van der Waals surface area contributed by atoms with Crippen molar-refractivity contribution in [2.45, 2.75) is 19.6 Å². The average Bonchev–Trinajstić information content (AvgIpc) is 2.31. The van der Waals surface area contributed by atoms with Gasteiger partial charge in [-0.15, -0.1) is 0 Å². The summed E-state index contributed by atoms with van der Waals surface area (Å²) in [6, 6.07) is 7.60. The molecule has 0 spiro atoms. The molecule has 16 heavy (non-hydrogen) atoms. The Bertz CT molecular complexity index is 352.